The summed E-state index contributed by atoms with van der Waals surface area (Å²) in [5.41, 5.74) is 3.10. The summed E-state index contributed by atoms with van der Waals surface area (Å²) in [6.45, 7) is 7.68. The van der Waals surface area contributed by atoms with Crippen LogP contribution in [0.4, 0.5) is 5.69 Å². The lowest BCUT2D eigenvalue weighted by Crippen LogP contribution is -2.52. The molecule has 3 aromatic carbocycles. The van der Waals surface area contributed by atoms with E-state index >= 15 is 0 Å². The zero-order chi connectivity index (χ0) is 27.7. The summed E-state index contributed by atoms with van der Waals surface area (Å²) in [5, 5.41) is 2.86. The second kappa shape index (κ2) is 13.2. The molecule has 3 rings (SSSR count). The monoisotopic (exact) mass is 535 g/mol. The van der Waals surface area contributed by atoms with Gasteiger partial charge in [0.25, 0.3) is 10.0 Å². The SMILES string of the molecule is CCCNC(=O)C(C)N(CCc1ccccc1)C(=O)CN(c1ccccc1C)S(=O)(=O)c1ccc(C)cc1. The first kappa shape index (κ1) is 28.9. The van der Waals surface area contributed by atoms with Gasteiger partial charge in [-0.2, -0.15) is 0 Å². The van der Waals surface area contributed by atoms with Gasteiger partial charge in [0, 0.05) is 13.1 Å². The Morgan fingerprint density at radius 1 is 0.895 bits per heavy atom. The number of benzene rings is 3. The van der Waals surface area contributed by atoms with E-state index in [0.29, 0.717) is 18.7 Å². The first-order valence-electron chi connectivity index (χ1n) is 12.9. The number of amides is 2. The fourth-order valence-corrected chi connectivity index (χ4v) is 5.64. The van der Waals surface area contributed by atoms with Gasteiger partial charge in [-0.15, -0.1) is 0 Å². The van der Waals surface area contributed by atoms with Crippen LogP contribution in [0.3, 0.4) is 0 Å². The molecule has 1 unspecified atom stereocenters. The van der Waals surface area contributed by atoms with Crippen LogP contribution in [-0.2, 0) is 26.0 Å². The smallest absolute Gasteiger partial charge is 0.264 e. The summed E-state index contributed by atoms with van der Waals surface area (Å²) >= 11 is 0. The molecule has 38 heavy (non-hydrogen) atoms. The Balaban J connectivity index is 1.97. The van der Waals surface area contributed by atoms with E-state index in [-0.39, 0.29) is 17.3 Å². The molecule has 2 amide bonds. The molecule has 0 heterocycles. The van der Waals surface area contributed by atoms with Crippen LogP contribution in [-0.4, -0.2) is 50.8 Å². The second-order valence-corrected chi connectivity index (χ2v) is 11.3. The van der Waals surface area contributed by atoms with E-state index in [4.69, 9.17) is 0 Å². The van der Waals surface area contributed by atoms with Gasteiger partial charge in [0.05, 0.1) is 10.6 Å². The van der Waals surface area contributed by atoms with Crippen LogP contribution in [0.2, 0.25) is 0 Å². The highest BCUT2D eigenvalue weighted by molar-refractivity contribution is 7.92. The maximum absolute atomic E-state index is 13.9. The Hall–Kier alpha value is -3.65. The van der Waals surface area contributed by atoms with Gasteiger partial charge in [0.2, 0.25) is 11.8 Å². The zero-order valence-corrected chi connectivity index (χ0v) is 23.4. The number of anilines is 1. The highest BCUT2D eigenvalue weighted by atomic mass is 32.2. The Labute approximate surface area is 226 Å². The van der Waals surface area contributed by atoms with Crippen LogP contribution in [0, 0.1) is 13.8 Å². The van der Waals surface area contributed by atoms with Crippen molar-refractivity contribution in [2.45, 2.75) is 51.5 Å². The molecule has 0 saturated carbocycles. The van der Waals surface area contributed by atoms with Gasteiger partial charge < -0.3 is 10.2 Å². The molecule has 3 aromatic rings. The van der Waals surface area contributed by atoms with Crippen molar-refractivity contribution in [3.8, 4) is 0 Å². The van der Waals surface area contributed by atoms with E-state index in [9.17, 15) is 18.0 Å². The number of carbonyl (C=O) groups excluding carboxylic acids is 2. The van der Waals surface area contributed by atoms with Gasteiger partial charge in [-0.25, -0.2) is 8.42 Å². The van der Waals surface area contributed by atoms with E-state index in [2.05, 4.69) is 5.32 Å². The summed E-state index contributed by atoms with van der Waals surface area (Å²) in [6.07, 6.45) is 1.30. The summed E-state index contributed by atoms with van der Waals surface area (Å²) in [5.74, 6) is -0.712. The predicted octanol–water partition coefficient (Wildman–Crippen LogP) is 4.48. The maximum atomic E-state index is 13.9. The summed E-state index contributed by atoms with van der Waals surface area (Å²) in [7, 11) is -4.06. The Morgan fingerprint density at radius 3 is 2.16 bits per heavy atom. The third kappa shape index (κ3) is 7.22. The van der Waals surface area contributed by atoms with Gasteiger partial charge in [-0.05, 0) is 62.9 Å². The minimum Gasteiger partial charge on any atom is -0.354 e. The number of rotatable bonds is 12. The van der Waals surface area contributed by atoms with Crippen LogP contribution < -0.4 is 9.62 Å². The molecular formula is C30H37N3O4S. The van der Waals surface area contributed by atoms with Crippen LogP contribution in [0.1, 0.15) is 37.0 Å². The minimum atomic E-state index is -4.06. The number of sulfonamides is 1. The Morgan fingerprint density at radius 2 is 1.53 bits per heavy atom. The van der Waals surface area contributed by atoms with Crippen molar-refractivity contribution < 1.29 is 18.0 Å². The van der Waals surface area contributed by atoms with Gasteiger partial charge in [-0.1, -0.05) is 73.2 Å². The van der Waals surface area contributed by atoms with Gasteiger partial charge in [-0.3, -0.25) is 13.9 Å². The standard InChI is InChI=1S/C30H37N3O4S/c1-5-20-31-30(35)25(4)32(21-19-26-12-7-6-8-13-26)29(34)22-33(28-14-10-9-11-24(28)3)38(36,37)27-17-15-23(2)16-18-27/h6-18,25H,5,19-22H2,1-4H3,(H,31,35). The molecule has 1 N–H and O–H groups in total. The number of para-hydroxylation sites is 1. The molecule has 0 spiro atoms. The minimum absolute atomic E-state index is 0.101. The van der Waals surface area contributed by atoms with Crippen LogP contribution in [0.25, 0.3) is 0 Å². The van der Waals surface area contributed by atoms with Crippen molar-refractivity contribution in [1.82, 2.24) is 10.2 Å². The molecule has 0 fully saturated rings. The number of carbonyl (C=O) groups is 2. The summed E-state index contributed by atoms with van der Waals surface area (Å²) in [6, 6.07) is 22.6. The zero-order valence-electron chi connectivity index (χ0n) is 22.6. The normalized spacial score (nSPS) is 12.0. The highest BCUT2D eigenvalue weighted by Crippen LogP contribution is 2.27. The van der Waals surface area contributed by atoms with Crippen molar-refractivity contribution in [1.29, 1.82) is 0 Å². The van der Waals surface area contributed by atoms with Crippen molar-refractivity contribution in [3.63, 3.8) is 0 Å². The van der Waals surface area contributed by atoms with Crippen LogP contribution >= 0.6 is 0 Å². The van der Waals surface area contributed by atoms with Crippen molar-refractivity contribution in [2.24, 2.45) is 0 Å². The predicted molar refractivity (Wildman–Crippen MR) is 152 cm³/mol. The maximum Gasteiger partial charge on any atom is 0.264 e. The first-order valence-corrected chi connectivity index (χ1v) is 14.3. The molecule has 0 aliphatic carbocycles. The molecule has 0 aromatic heterocycles. The van der Waals surface area contributed by atoms with Gasteiger partial charge in [0.15, 0.2) is 0 Å². The topological polar surface area (TPSA) is 86.8 Å². The van der Waals surface area contributed by atoms with E-state index in [1.165, 1.54) is 4.90 Å². The van der Waals surface area contributed by atoms with E-state index < -0.39 is 28.5 Å². The Kier molecular flexibility index (Phi) is 10.1. The fraction of sp³-hybridized carbons (Fsp3) is 0.333. The number of aryl methyl sites for hydroxylation is 2. The number of nitrogens with zero attached hydrogens (tertiary/aromatic N) is 2. The average molecular weight is 536 g/mol. The molecule has 7 nitrogen and oxygen atoms in total. The van der Waals surface area contributed by atoms with E-state index in [0.717, 1.165) is 27.4 Å². The number of nitrogens with one attached hydrogen (secondary N) is 1. The number of hydrogen-bond donors (Lipinski definition) is 1. The van der Waals surface area contributed by atoms with Gasteiger partial charge in [0.1, 0.15) is 12.6 Å². The largest absolute Gasteiger partial charge is 0.354 e. The molecule has 8 heteroatoms. The lowest BCUT2D eigenvalue weighted by Gasteiger charge is -2.32. The van der Waals surface area contributed by atoms with Crippen molar-refractivity contribution in [3.05, 3.63) is 95.6 Å². The van der Waals surface area contributed by atoms with E-state index in [1.54, 1.807) is 43.3 Å². The molecular weight excluding hydrogens is 498 g/mol. The third-order valence-electron chi connectivity index (χ3n) is 6.47. The lowest BCUT2D eigenvalue weighted by molar-refractivity contribution is -0.138. The lowest BCUT2D eigenvalue weighted by atomic mass is 10.1. The van der Waals surface area contributed by atoms with Crippen LogP contribution in [0.5, 0.6) is 0 Å². The molecule has 202 valence electrons. The van der Waals surface area contributed by atoms with E-state index in [1.807, 2.05) is 63.2 Å². The first-order chi connectivity index (χ1) is 18.1. The molecule has 1 atom stereocenters. The van der Waals surface area contributed by atoms with Crippen LogP contribution in [0.15, 0.2) is 83.8 Å². The third-order valence-corrected chi connectivity index (χ3v) is 8.25. The summed E-state index contributed by atoms with van der Waals surface area (Å²) in [4.78, 5) is 28.3. The van der Waals surface area contributed by atoms with Crippen molar-refractivity contribution in [2.75, 3.05) is 23.9 Å². The quantitative estimate of drug-likeness (QED) is 0.370. The molecule has 0 bridgehead atoms. The van der Waals surface area contributed by atoms with Gasteiger partial charge >= 0.3 is 0 Å². The fourth-order valence-electron chi connectivity index (χ4n) is 4.16. The molecule has 0 aliphatic rings. The molecule has 0 aliphatic heterocycles. The van der Waals surface area contributed by atoms with Crippen molar-refractivity contribution >= 4 is 27.5 Å². The Bertz CT molecular complexity index is 1330. The highest BCUT2D eigenvalue weighted by Gasteiger charge is 2.32. The number of hydrogen-bond acceptors (Lipinski definition) is 4. The second-order valence-electron chi connectivity index (χ2n) is 9.40. The average Bonchev–Trinajstić information content (AvgIpc) is 2.91. The summed E-state index contributed by atoms with van der Waals surface area (Å²) < 4.78 is 28.9. The molecule has 0 saturated heterocycles. The molecule has 0 radical (unpaired) electrons.